The van der Waals surface area contributed by atoms with Crippen LogP contribution in [-0.2, 0) is 25.8 Å². The Bertz CT molecular complexity index is 577. The molecule has 3 saturated carbocycles. The van der Waals surface area contributed by atoms with Crippen molar-refractivity contribution in [3.63, 3.8) is 0 Å². The molecule has 0 N–H and O–H groups in total. The summed E-state index contributed by atoms with van der Waals surface area (Å²) in [6, 6.07) is 0. The van der Waals surface area contributed by atoms with E-state index in [-0.39, 0.29) is 0 Å². The molecule has 164 valence electrons. The van der Waals surface area contributed by atoms with Crippen LogP contribution in [0.25, 0.3) is 0 Å². The first-order valence-electron chi connectivity index (χ1n) is 10.4. The molecule has 0 aromatic heterocycles. The van der Waals surface area contributed by atoms with Gasteiger partial charge in [-0.2, -0.15) is 13.2 Å². The van der Waals surface area contributed by atoms with Crippen LogP contribution >= 0.6 is 0 Å². The normalized spacial score (nSPS) is 26.0. The molecule has 1 unspecified atom stereocenters. The molecule has 0 heterocycles. The van der Waals surface area contributed by atoms with Gasteiger partial charge in [-0.3, -0.25) is 4.79 Å². The van der Waals surface area contributed by atoms with E-state index in [2.05, 4.69) is 0 Å². The molecular weight excluding hydrogens is 413 g/mol. The van der Waals surface area contributed by atoms with Gasteiger partial charge in [-0.15, -0.1) is 0 Å². The lowest BCUT2D eigenvalue weighted by Crippen LogP contribution is -2.47. The Morgan fingerprint density at radius 3 is 1.54 bits per heavy atom. The van der Waals surface area contributed by atoms with E-state index in [0.29, 0.717) is 21.9 Å². The molecule has 0 aliphatic heterocycles. The zero-order valence-corrected chi connectivity index (χ0v) is 17.8. The number of carbonyl (C=O) groups excluding carboxylic acids is 1. The molecule has 0 bridgehead atoms. The Labute approximate surface area is 169 Å². The molecule has 3 aliphatic rings. The average molecular weight is 445 g/mol. The Balaban J connectivity index is 0.000000300. The van der Waals surface area contributed by atoms with Crippen LogP contribution in [0, 0.1) is 0 Å². The second kappa shape index (κ2) is 10.7. The van der Waals surface area contributed by atoms with Crippen LogP contribution in [0.5, 0.6) is 0 Å². The minimum absolute atomic E-state index is 0.437. The highest BCUT2D eigenvalue weighted by atomic mass is 32.2. The zero-order valence-electron chi connectivity index (χ0n) is 16.2. The van der Waals surface area contributed by atoms with Gasteiger partial charge in [0.1, 0.15) is 10.5 Å². The Hall–Kier alpha value is -0.280. The van der Waals surface area contributed by atoms with Crippen LogP contribution in [0.1, 0.15) is 89.9 Å². The first-order valence-corrected chi connectivity index (χ1v) is 13.2. The van der Waals surface area contributed by atoms with Gasteiger partial charge in [0.05, 0.1) is 0 Å². The van der Waals surface area contributed by atoms with Crippen LogP contribution in [0.2, 0.25) is 0 Å². The number of hydrogen-bond acceptors (Lipinski definition) is 4. The summed E-state index contributed by atoms with van der Waals surface area (Å²) in [4.78, 5) is 12.5. The van der Waals surface area contributed by atoms with E-state index in [1.807, 2.05) is 0 Å². The lowest BCUT2D eigenvalue weighted by Gasteiger charge is -2.35. The van der Waals surface area contributed by atoms with Gasteiger partial charge in [0, 0.05) is 23.7 Å². The van der Waals surface area contributed by atoms with Crippen molar-refractivity contribution in [1.29, 1.82) is 0 Å². The molecule has 3 fully saturated rings. The van der Waals surface area contributed by atoms with Crippen molar-refractivity contribution < 1.29 is 30.9 Å². The second-order valence-corrected chi connectivity index (χ2v) is 12.1. The van der Waals surface area contributed by atoms with Crippen molar-refractivity contribution in [2.45, 2.75) is 111 Å². The Kier molecular flexibility index (Phi) is 9.13. The van der Waals surface area contributed by atoms with E-state index in [1.165, 1.54) is 83.5 Å². The topological polar surface area (TPSA) is 74.3 Å². The molecule has 1 atom stereocenters. The summed E-state index contributed by atoms with van der Waals surface area (Å²) in [7, 11) is -5.65. The molecule has 28 heavy (non-hydrogen) atoms. The third-order valence-electron chi connectivity index (χ3n) is 5.98. The first kappa shape index (κ1) is 24.0. The lowest BCUT2D eigenvalue weighted by atomic mass is 9.98. The highest BCUT2D eigenvalue weighted by Crippen LogP contribution is 2.39. The molecule has 0 saturated heterocycles. The van der Waals surface area contributed by atoms with Gasteiger partial charge in [-0.1, -0.05) is 12.8 Å². The van der Waals surface area contributed by atoms with E-state index < -0.39 is 15.6 Å². The van der Waals surface area contributed by atoms with E-state index in [4.69, 9.17) is 13.0 Å². The van der Waals surface area contributed by atoms with Crippen molar-refractivity contribution in [2.24, 2.45) is 0 Å². The fourth-order valence-corrected chi connectivity index (χ4v) is 8.74. The van der Waals surface area contributed by atoms with Crippen LogP contribution in [0.3, 0.4) is 0 Å². The number of rotatable bonds is 3. The Morgan fingerprint density at radius 1 is 0.786 bits per heavy atom. The number of Topliss-reactive ketones (excluding diaryl/α,β-unsaturated/α-hetero) is 1. The van der Waals surface area contributed by atoms with Gasteiger partial charge in [0.15, 0.2) is 21.2 Å². The second-order valence-electron chi connectivity index (χ2n) is 8.03. The standard InChI is InChI=1S/C18H31OS.CHF3O3S/c19-17-13-7-8-14-18(17)20(15-9-3-1-4-10-15)16-11-5-2-6-12-16;2-1(3,4)8(5,6)7/h15-16,18H,1-14H2;(H,5,6,7)/q+1;/p-1. The molecule has 3 rings (SSSR count). The fourth-order valence-electron chi connectivity index (χ4n) is 4.65. The van der Waals surface area contributed by atoms with E-state index in [1.54, 1.807) is 0 Å². The van der Waals surface area contributed by atoms with Gasteiger partial charge in [-0.05, 0) is 64.2 Å². The third kappa shape index (κ3) is 6.90. The number of carbonyl (C=O) groups is 1. The predicted octanol–water partition coefficient (Wildman–Crippen LogP) is 4.83. The zero-order chi connectivity index (χ0) is 20.8. The largest absolute Gasteiger partial charge is 0.741 e. The quantitative estimate of drug-likeness (QED) is 0.355. The molecule has 4 nitrogen and oxygen atoms in total. The summed E-state index contributed by atoms with van der Waals surface area (Å²) in [6.07, 6.45) is 19.0. The van der Waals surface area contributed by atoms with E-state index in [0.717, 1.165) is 16.9 Å². The van der Waals surface area contributed by atoms with Crippen LogP contribution in [0.4, 0.5) is 13.2 Å². The molecule has 0 aromatic rings. The van der Waals surface area contributed by atoms with Crippen molar-refractivity contribution in [1.82, 2.24) is 0 Å². The maximum atomic E-state index is 12.5. The maximum absolute atomic E-state index is 12.5. The van der Waals surface area contributed by atoms with Gasteiger partial charge in [0.2, 0.25) is 0 Å². The third-order valence-corrected chi connectivity index (χ3v) is 10.2. The van der Waals surface area contributed by atoms with Crippen molar-refractivity contribution in [3.8, 4) is 0 Å². The van der Waals surface area contributed by atoms with Crippen LogP contribution < -0.4 is 0 Å². The fraction of sp³-hybridized carbons (Fsp3) is 0.947. The smallest absolute Gasteiger partial charge is 0.485 e. The summed E-state index contributed by atoms with van der Waals surface area (Å²) in [6.45, 7) is 0. The first-order chi connectivity index (χ1) is 13.1. The molecule has 0 amide bonds. The maximum Gasteiger partial charge on any atom is 0.485 e. The number of halogens is 3. The van der Waals surface area contributed by atoms with Crippen molar-refractivity contribution in [3.05, 3.63) is 0 Å². The Morgan fingerprint density at radius 2 is 1.18 bits per heavy atom. The molecule has 3 aliphatic carbocycles. The average Bonchev–Trinajstić information content (AvgIpc) is 2.64. The molecule has 0 aromatic carbocycles. The minimum Gasteiger partial charge on any atom is -0.741 e. The summed E-state index contributed by atoms with van der Waals surface area (Å²) in [5.41, 5.74) is -5.65. The summed E-state index contributed by atoms with van der Waals surface area (Å²) < 4.78 is 58.9. The van der Waals surface area contributed by atoms with Crippen LogP contribution in [-0.4, -0.2) is 40.0 Å². The van der Waals surface area contributed by atoms with Gasteiger partial charge >= 0.3 is 5.51 Å². The number of hydrogen-bond donors (Lipinski definition) is 0. The molecule has 0 radical (unpaired) electrons. The van der Waals surface area contributed by atoms with Crippen molar-refractivity contribution >= 4 is 26.8 Å². The molecule has 0 spiro atoms. The van der Waals surface area contributed by atoms with Gasteiger partial charge in [0.25, 0.3) is 0 Å². The highest BCUT2D eigenvalue weighted by molar-refractivity contribution is 7.99. The number of alkyl halides is 3. The van der Waals surface area contributed by atoms with Crippen molar-refractivity contribution in [2.75, 3.05) is 0 Å². The van der Waals surface area contributed by atoms with Crippen LogP contribution in [0.15, 0.2) is 0 Å². The van der Waals surface area contributed by atoms with E-state index >= 15 is 0 Å². The van der Waals surface area contributed by atoms with Gasteiger partial charge < -0.3 is 4.55 Å². The summed E-state index contributed by atoms with van der Waals surface area (Å²) in [5.74, 6) is 0.649. The molecular formula is C19H31F3O4S2. The minimum atomic E-state index is -6.09. The molecule has 9 heteroatoms. The van der Waals surface area contributed by atoms with Gasteiger partial charge in [-0.25, -0.2) is 8.42 Å². The highest BCUT2D eigenvalue weighted by Gasteiger charge is 2.48. The van der Waals surface area contributed by atoms with E-state index in [9.17, 15) is 18.0 Å². The summed E-state index contributed by atoms with van der Waals surface area (Å²) >= 11 is 0. The lowest BCUT2D eigenvalue weighted by molar-refractivity contribution is -0.119. The monoisotopic (exact) mass is 444 g/mol. The predicted molar refractivity (Wildman–Crippen MR) is 104 cm³/mol. The number of ketones is 1. The SMILES string of the molecule is O=C1CCCCC1[S+](C1CCCCC1)C1CCCCC1.O=S(=O)([O-])C(F)(F)F. The summed E-state index contributed by atoms with van der Waals surface area (Å²) in [5, 5.41) is 2.31.